The molecule has 1 N–H and O–H groups in total. The van der Waals surface area contributed by atoms with Gasteiger partial charge < -0.3 is 10.2 Å². The van der Waals surface area contributed by atoms with Crippen molar-refractivity contribution < 1.29 is 4.79 Å². The molecule has 0 spiro atoms. The van der Waals surface area contributed by atoms with Crippen molar-refractivity contribution in [2.75, 3.05) is 6.54 Å². The molecule has 0 saturated carbocycles. The normalized spacial score (nSPS) is 11.7. The van der Waals surface area contributed by atoms with Crippen LogP contribution in [0.2, 0.25) is 0 Å². The number of rotatable bonds is 8. The van der Waals surface area contributed by atoms with Crippen molar-refractivity contribution in [1.82, 2.24) is 10.2 Å². The van der Waals surface area contributed by atoms with Crippen LogP contribution in [0, 0.1) is 0 Å². The predicted octanol–water partition coefficient (Wildman–Crippen LogP) is 4.57. The van der Waals surface area contributed by atoms with Gasteiger partial charge in [-0.1, -0.05) is 91.0 Å². The van der Waals surface area contributed by atoms with E-state index in [-0.39, 0.29) is 11.9 Å². The summed E-state index contributed by atoms with van der Waals surface area (Å²) in [7, 11) is 0. The van der Waals surface area contributed by atoms with E-state index in [0.717, 1.165) is 11.1 Å². The maximum Gasteiger partial charge on any atom is 0.237 e. The van der Waals surface area contributed by atoms with Crippen molar-refractivity contribution >= 4 is 5.91 Å². The summed E-state index contributed by atoms with van der Waals surface area (Å²) in [4.78, 5) is 15.0. The Bertz CT molecular complexity index is 819. The van der Waals surface area contributed by atoms with E-state index in [4.69, 9.17) is 0 Å². The fourth-order valence-corrected chi connectivity index (χ4v) is 3.14. The van der Waals surface area contributed by atoms with Crippen LogP contribution in [-0.4, -0.2) is 17.4 Å². The summed E-state index contributed by atoms with van der Waals surface area (Å²) in [5.74, 6) is 0.103. The summed E-state index contributed by atoms with van der Waals surface area (Å²) in [5, 5.41) is 3.28. The molecule has 27 heavy (non-hydrogen) atoms. The lowest BCUT2D eigenvalue weighted by Crippen LogP contribution is -2.39. The lowest BCUT2D eigenvalue weighted by Gasteiger charge is -2.30. The first-order valence-corrected chi connectivity index (χ1v) is 9.37. The van der Waals surface area contributed by atoms with Crippen LogP contribution < -0.4 is 5.32 Å². The van der Waals surface area contributed by atoms with Crippen LogP contribution in [0.4, 0.5) is 0 Å². The number of hydrogen-bond acceptors (Lipinski definition) is 2. The largest absolute Gasteiger partial charge is 0.331 e. The summed E-state index contributed by atoms with van der Waals surface area (Å²) in [6, 6.07) is 30.5. The molecule has 3 rings (SSSR count). The van der Waals surface area contributed by atoms with E-state index in [9.17, 15) is 4.79 Å². The molecule has 0 unspecified atom stereocenters. The molecule has 1 atom stereocenters. The lowest BCUT2D eigenvalue weighted by atomic mass is 10.1. The molecule has 0 aliphatic heterocycles. The second-order valence-corrected chi connectivity index (χ2v) is 6.68. The minimum Gasteiger partial charge on any atom is -0.331 e. The summed E-state index contributed by atoms with van der Waals surface area (Å²) >= 11 is 0. The van der Waals surface area contributed by atoms with Gasteiger partial charge in [-0.2, -0.15) is 0 Å². The quantitative estimate of drug-likeness (QED) is 0.640. The van der Waals surface area contributed by atoms with Crippen molar-refractivity contribution in [3.63, 3.8) is 0 Å². The summed E-state index contributed by atoms with van der Waals surface area (Å²) in [5.41, 5.74) is 3.46. The fraction of sp³-hybridized carbons (Fsp3) is 0.208. The molecular weight excluding hydrogens is 332 g/mol. The van der Waals surface area contributed by atoms with Gasteiger partial charge in [-0.3, -0.25) is 4.79 Å². The first-order chi connectivity index (χ1) is 13.2. The Balaban J connectivity index is 1.69. The summed E-state index contributed by atoms with van der Waals surface area (Å²) in [6.45, 7) is 3.69. The molecule has 0 saturated heterocycles. The molecule has 3 aromatic carbocycles. The minimum absolute atomic E-state index is 0.0115. The van der Waals surface area contributed by atoms with E-state index in [2.05, 4.69) is 48.6 Å². The molecule has 0 bridgehead atoms. The molecule has 0 radical (unpaired) electrons. The number of amides is 1. The zero-order chi connectivity index (χ0) is 18.9. The lowest BCUT2D eigenvalue weighted by molar-refractivity contribution is -0.133. The molecule has 3 heteroatoms. The first kappa shape index (κ1) is 18.9. The second-order valence-electron chi connectivity index (χ2n) is 6.68. The fourth-order valence-electron chi connectivity index (χ4n) is 3.14. The predicted molar refractivity (Wildman–Crippen MR) is 110 cm³/mol. The molecule has 0 aromatic heterocycles. The van der Waals surface area contributed by atoms with E-state index >= 15 is 0 Å². The van der Waals surface area contributed by atoms with Crippen molar-refractivity contribution in [2.45, 2.75) is 26.1 Å². The van der Waals surface area contributed by atoms with Crippen LogP contribution >= 0.6 is 0 Å². The number of nitrogens with zero attached hydrogens (tertiary/aromatic N) is 1. The van der Waals surface area contributed by atoms with Crippen LogP contribution in [0.5, 0.6) is 0 Å². The Hall–Kier alpha value is -2.91. The molecule has 0 aliphatic rings. The average Bonchev–Trinajstić information content (AvgIpc) is 2.73. The van der Waals surface area contributed by atoms with E-state index in [1.807, 2.05) is 59.5 Å². The molecular formula is C24H26N2O. The van der Waals surface area contributed by atoms with Crippen molar-refractivity contribution in [1.29, 1.82) is 0 Å². The molecule has 3 aromatic rings. The van der Waals surface area contributed by atoms with Gasteiger partial charge in [0.25, 0.3) is 0 Å². The summed E-state index contributed by atoms with van der Waals surface area (Å²) in [6.07, 6.45) is 0. The van der Waals surface area contributed by atoms with E-state index < -0.39 is 0 Å². The molecule has 1 amide bonds. The van der Waals surface area contributed by atoms with Crippen molar-refractivity contribution in [3.8, 4) is 0 Å². The Morgan fingerprint density at radius 2 is 1.33 bits per heavy atom. The number of carbonyl (C=O) groups is 1. The highest BCUT2D eigenvalue weighted by molar-refractivity contribution is 5.78. The van der Waals surface area contributed by atoms with Crippen LogP contribution in [0.15, 0.2) is 91.0 Å². The Morgan fingerprint density at radius 3 is 1.93 bits per heavy atom. The van der Waals surface area contributed by atoms with Crippen LogP contribution in [0.25, 0.3) is 0 Å². The van der Waals surface area contributed by atoms with Crippen molar-refractivity contribution in [3.05, 3.63) is 108 Å². The Kier molecular flexibility index (Phi) is 6.78. The smallest absolute Gasteiger partial charge is 0.237 e. The van der Waals surface area contributed by atoms with Crippen LogP contribution in [-0.2, 0) is 17.9 Å². The van der Waals surface area contributed by atoms with Gasteiger partial charge in [0.2, 0.25) is 5.91 Å². The molecule has 0 aliphatic carbocycles. The average molecular weight is 358 g/mol. The van der Waals surface area contributed by atoms with E-state index in [1.54, 1.807) is 0 Å². The van der Waals surface area contributed by atoms with Crippen molar-refractivity contribution in [2.24, 2.45) is 0 Å². The minimum atomic E-state index is 0.0115. The zero-order valence-corrected chi connectivity index (χ0v) is 15.7. The maximum absolute atomic E-state index is 13.0. The highest BCUT2D eigenvalue weighted by Crippen LogP contribution is 2.22. The highest BCUT2D eigenvalue weighted by atomic mass is 16.2. The van der Waals surface area contributed by atoms with Gasteiger partial charge in [0.1, 0.15) is 0 Å². The van der Waals surface area contributed by atoms with Gasteiger partial charge >= 0.3 is 0 Å². The monoisotopic (exact) mass is 358 g/mol. The molecule has 3 nitrogen and oxygen atoms in total. The van der Waals surface area contributed by atoms with Gasteiger partial charge in [-0.05, 0) is 23.6 Å². The third-order valence-corrected chi connectivity index (χ3v) is 4.71. The number of benzene rings is 3. The molecule has 138 valence electrons. The molecule has 0 fully saturated rings. The van der Waals surface area contributed by atoms with Crippen LogP contribution in [0.3, 0.4) is 0 Å². The number of carbonyl (C=O) groups excluding carboxylic acids is 1. The maximum atomic E-state index is 13.0. The second kappa shape index (κ2) is 9.70. The standard InChI is InChI=1S/C24H26N2O/c1-20(23-15-9-4-10-16-23)26(19-22-13-7-3-8-14-22)24(27)18-25-17-21-11-5-2-6-12-21/h2-16,20,25H,17-19H2,1H3/t20-/m0/s1. The Morgan fingerprint density at radius 1 is 0.815 bits per heavy atom. The Labute approximate surface area is 161 Å². The summed E-state index contributed by atoms with van der Waals surface area (Å²) < 4.78 is 0. The van der Waals surface area contributed by atoms with Gasteiger partial charge in [0, 0.05) is 13.1 Å². The third-order valence-electron chi connectivity index (χ3n) is 4.71. The van der Waals surface area contributed by atoms with Gasteiger partial charge in [0.05, 0.1) is 12.6 Å². The molecule has 0 heterocycles. The van der Waals surface area contributed by atoms with Gasteiger partial charge in [-0.15, -0.1) is 0 Å². The zero-order valence-electron chi connectivity index (χ0n) is 15.7. The van der Waals surface area contributed by atoms with E-state index in [0.29, 0.717) is 19.6 Å². The van der Waals surface area contributed by atoms with Gasteiger partial charge in [0.15, 0.2) is 0 Å². The number of nitrogens with one attached hydrogen (secondary N) is 1. The third kappa shape index (κ3) is 5.53. The topological polar surface area (TPSA) is 32.3 Å². The van der Waals surface area contributed by atoms with Crippen LogP contribution in [0.1, 0.15) is 29.7 Å². The SMILES string of the molecule is C[C@@H](c1ccccc1)N(Cc1ccccc1)C(=O)CNCc1ccccc1. The van der Waals surface area contributed by atoms with E-state index in [1.165, 1.54) is 5.56 Å². The number of hydrogen-bond donors (Lipinski definition) is 1. The first-order valence-electron chi connectivity index (χ1n) is 9.37. The van der Waals surface area contributed by atoms with Gasteiger partial charge in [-0.25, -0.2) is 0 Å². The highest BCUT2D eigenvalue weighted by Gasteiger charge is 2.21.